The van der Waals surface area contributed by atoms with Gasteiger partial charge in [-0.1, -0.05) is 0 Å². The third-order valence-corrected chi connectivity index (χ3v) is 4.16. The Balaban J connectivity index is 1.52. The highest BCUT2D eigenvalue weighted by atomic mass is 16.2. The molecule has 0 aromatic carbocycles. The molecule has 9 nitrogen and oxygen atoms in total. The van der Waals surface area contributed by atoms with Crippen LogP contribution in [0.5, 0.6) is 0 Å². The second-order valence-corrected chi connectivity index (χ2v) is 6.10. The molecule has 1 atom stereocenters. The maximum absolute atomic E-state index is 12.4. The van der Waals surface area contributed by atoms with Crippen LogP contribution in [-0.2, 0) is 16.1 Å². The number of rotatable bonds is 6. The van der Waals surface area contributed by atoms with Crippen LogP contribution < -0.4 is 11.1 Å². The van der Waals surface area contributed by atoms with Gasteiger partial charge < -0.3 is 11.1 Å². The Kier molecular flexibility index (Phi) is 5.34. The highest BCUT2D eigenvalue weighted by Crippen LogP contribution is 2.16. The van der Waals surface area contributed by atoms with Crippen LogP contribution in [0.1, 0.15) is 18.7 Å². The number of nitrogens with one attached hydrogen (secondary N) is 2. The number of hydrogen-bond acceptors (Lipinski definition) is 6. The molecule has 132 valence electrons. The molecule has 3 heterocycles. The Labute approximate surface area is 145 Å². The lowest BCUT2D eigenvalue weighted by Crippen LogP contribution is -2.45. The lowest BCUT2D eigenvalue weighted by molar-refractivity contribution is -0.128. The number of aromatic nitrogens is 4. The summed E-state index contributed by atoms with van der Waals surface area (Å²) in [5.41, 5.74) is 6.08. The van der Waals surface area contributed by atoms with E-state index in [1.165, 1.54) is 0 Å². The number of hydrogen-bond donors (Lipinski definition) is 3. The van der Waals surface area contributed by atoms with Crippen molar-refractivity contribution < 1.29 is 9.59 Å². The Bertz CT molecular complexity index is 731. The van der Waals surface area contributed by atoms with Gasteiger partial charge in [0.25, 0.3) is 0 Å². The fraction of sp³-hybridized carbons (Fsp3) is 0.438. The van der Waals surface area contributed by atoms with E-state index in [0.29, 0.717) is 18.2 Å². The number of nitrogens with zero attached hydrogens (tertiary/aromatic N) is 4. The average Bonchev–Trinajstić information content (AvgIpc) is 3.09. The lowest BCUT2D eigenvalue weighted by atomic mass is 9.97. The summed E-state index contributed by atoms with van der Waals surface area (Å²) in [7, 11) is 0. The van der Waals surface area contributed by atoms with E-state index in [2.05, 4.69) is 25.5 Å². The smallest absolute Gasteiger partial charge is 0.231 e. The highest BCUT2D eigenvalue weighted by molar-refractivity contribution is 5.79. The van der Waals surface area contributed by atoms with E-state index in [-0.39, 0.29) is 30.8 Å². The van der Waals surface area contributed by atoms with Crippen LogP contribution in [0.15, 0.2) is 24.5 Å². The first-order chi connectivity index (χ1) is 12.1. The van der Waals surface area contributed by atoms with Crippen molar-refractivity contribution in [3.8, 4) is 11.4 Å². The van der Waals surface area contributed by atoms with Gasteiger partial charge in [0.2, 0.25) is 11.8 Å². The second-order valence-electron chi connectivity index (χ2n) is 6.10. The van der Waals surface area contributed by atoms with Crippen molar-refractivity contribution in [2.24, 2.45) is 11.7 Å². The van der Waals surface area contributed by atoms with Crippen molar-refractivity contribution in [1.29, 1.82) is 0 Å². The first-order valence-electron chi connectivity index (χ1n) is 8.22. The number of piperidine rings is 1. The molecule has 1 aliphatic heterocycles. The maximum Gasteiger partial charge on any atom is 0.231 e. The molecule has 2 aromatic heterocycles. The largest absolute Gasteiger partial charge is 0.369 e. The average molecular weight is 343 g/mol. The molecule has 25 heavy (non-hydrogen) atoms. The molecular weight excluding hydrogens is 322 g/mol. The molecule has 0 unspecified atom stereocenters. The van der Waals surface area contributed by atoms with Crippen molar-refractivity contribution in [1.82, 2.24) is 30.4 Å². The number of aromatic amines is 1. The number of primary amides is 1. The number of pyridine rings is 1. The molecule has 0 saturated carbocycles. The third-order valence-electron chi connectivity index (χ3n) is 4.16. The first-order valence-corrected chi connectivity index (χ1v) is 8.22. The molecule has 2 amide bonds. The van der Waals surface area contributed by atoms with Crippen molar-refractivity contribution in [2.75, 3.05) is 19.6 Å². The summed E-state index contributed by atoms with van der Waals surface area (Å²) in [6.07, 6.45) is 5.03. The molecule has 1 fully saturated rings. The zero-order chi connectivity index (χ0) is 17.6. The molecule has 9 heteroatoms. The van der Waals surface area contributed by atoms with Gasteiger partial charge in [-0.3, -0.25) is 24.6 Å². The minimum absolute atomic E-state index is 0.0453. The van der Waals surface area contributed by atoms with Crippen LogP contribution in [0.3, 0.4) is 0 Å². The van der Waals surface area contributed by atoms with Crippen LogP contribution in [0.2, 0.25) is 0 Å². The molecule has 1 saturated heterocycles. The molecule has 0 bridgehead atoms. The molecule has 3 rings (SSSR count). The minimum Gasteiger partial charge on any atom is -0.369 e. The monoisotopic (exact) mass is 343 g/mol. The summed E-state index contributed by atoms with van der Waals surface area (Å²) in [4.78, 5) is 33.6. The van der Waals surface area contributed by atoms with Crippen LogP contribution in [0, 0.1) is 5.92 Å². The van der Waals surface area contributed by atoms with Crippen LogP contribution in [0.4, 0.5) is 0 Å². The molecule has 0 aliphatic carbocycles. The van der Waals surface area contributed by atoms with E-state index in [1.54, 1.807) is 12.4 Å². The van der Waals surface area contributed by atoms with Crippen molar-refractivity contribution in [3.63, 3.8) is 0 Å². The van der Waals surface area contributed by atoms with E-state index in [1.807, 2.05) is 17.0 Å². The first kappa shape index (κ1) is 17.0. The SMILES string of the molecule is NC(=O)CN1CCC[C@@H](C(=O)NCc2nc(-c3ccncc3)n[nH]2)C1. The number of carbonyl (C=O) groups excluding carboxylic acids is 2. The molecule has 0 radical (unpaired) electrons. The standard InChI is InChI=1S/C16H21N7O2/c17-13(24)10-23-7-1-2-12(9-23)16(25)19-8-14-20-15(22-21-14)11-3-5-18-6-4-11/h3-6,12H,1-2,7-10H2,(H2,17,24)(H,19,25)(H,20,21,22)/t12-/m1/s1. The summed E-state index contributed by atoms with van der Waals surface area (Å²) >= 11 is 0. The Morgan fingerprint density at radius 2 is 2.16 bits per heavy atom. The quantitative estimate of drug-likeness (QED) is 0.659. The predicted molar refractivity (Wildman–Crippen MR) is 89.8 cm³/mol. The van der Waals surface area contributed by atoms with Gasteiger partial charge in [-0.2, -0.15) is 5.10 Å². The van der Waals surface area contributed by atoms with Gasteiger partial charge in [-0.05, 0) is 31.5 Å². The third kappa shape index (κ3) is 4.60. The summed E-state index contributed by atoms with van der Waals surface area (Å²) in [6, 6.07) is 3.64. The Morgan fingerprint density at radius 1 is 1.36 bits per heavy atom. The fourth-order valence-corrected chi connectivity index (χ4v) is 2.95. The van der Waals surface area contributed by atoms with Crippen LogP contribution >= 0.6 is 0 Å². The van der Waals surface area contributed by atoms with Crippen LogP contribution in [0.25, 0.3) is 11.4 Å². The molecule has 1 aliphatic rings. The molecule has 4 N–H and O–H groups in total. The van der Waals surface area contributed by atoms with Gasteiger partial charge >= 0.3 is 0 Å². The van der Waals surface area contributed by atoms with Gasteiger partial charge in [-0.15, -0.1) is 0 Å². The van der Waals surface area contributed by atoms with E-state index in [9.17, 15) is 9.59 Å². The molecule has 2 aromatic rings. The Hall–Kier alpha value is -2.81. The second kappa shape index (κ2) is 7.84. The van der Waals surface area contributed by atoms with Gasteiger partial charge in [0.15, 0.2) is 5.82 Å². The minimum atomic E-state index is -0.369. The summed E-state index contributed by atoms with van der Waals surface area (Å²) in [5, 5.41) is 9.86. The van der Waals surface area contributed by atoms with E-state index in [0.717, 1.165) is 24.9 Å². The van der Waals surface area contributed by atoms with E-state index < -0.39 is 0 Å². The lowest BCUT2D eigenvalue weighted by Gasteiger charge is -2.30. The number of H-pyrrole nitrogens is 1. The van der Waals surface area contributed by atoms with Gasteiger partial charge in [0.05, 0.1) is 19.0 Å². The van der Waals surface area contributed by atoms with Crippen molar-refractivity contribution in [3.05, 3.63) is 30.4 Å². The topological polar surface area (TPSA) is 130 Å². The zero-order valence-corrected chi connectivity index (χ0v) is 13.8. The van der Waals surface area contributed by atoms with Crippen LogP contribution in [-0.4, -0.2) is 56.5 Å². The maximum atomic E-state index is 12.4. The van der Waals surface area contributed by atoms with Gasteiger partial charge in [0.1, 0.15) is 5.82 Å². The summed E-state index contributed by atoms with van der Waals surface area (Å²) in [5.74, 6) is 0.597. The number of nitrogens with two attached hydrogens (primary N) is 1. The van der Waals surface area contributed by atoms with Gasteiger partial charge in [-0.25, -0.2) is 4.98 Å². The van der Waals surface area contributed by atoms with E-state index in [4.69, 9.17) is 5.73 Å². The Morgan fingerprint density at radius 3 is 2.92 bits per heavy atom. The predicted octanol–water partition coefficient (Wildman–Crippen LogP) is -0.320. The highest BCUT2D eigenvalue weighted by Gasteiger charge is 2.26. The molecule has 0 spiro atoms. The number of carbonyl (C=O) groups is 2. The number of amides is 2. The molecular formula is C16H21N7O2. The summed E-state index contributed by atoms with van der Waals surface area (Å²) < 4.78 is 0. The fourth-order valence-electron chi connectivity index (χ4n) is 2.95. The number of likely N-dealkylation sites (tertiary alicyclic amines) is 1. The summed E-state index contributed by atoms with van der Waals surface area (Å²) in [6.45, 7) is 1.82. The van der Waals surface area contributed by atoms with Crippen molar-refractivity contribution >= 4 is 11.8 Å². The van der Waals surface area contributed by atoms with Crippen molar-refractivity contribution in [2.45, 2.75) is 19.4 Å². The van der Waals surface area contributed by atoms with Gasteiger partial charge in [0, 0.05) is 24.5 Å². The normalized spacial score (nSPS) is 18.0. The zero-order valence-electron chi connectivity index (χ0n) is 13.8. The van der Waals surface area contributed by atoms with E-state index >= 15 is 0 Å².